The first-order valence-electron chi connectivity index (χ1n) is 15.1. The van der Waals surface area contributed by atoms with Gasteiger partial charge in [0, 0.05) is 62.1 Å². The molecule has 2 aliphatic heterocycles. The molecule has 6 rings (SSSR count). The van der Waals surface area contributed by atoms with Crippen LogP contribution in [0.25, 0.3) is 0 Å². The van der Waals surface area contributed by atoms with Crippen molar-refractivity contribution >= 4 is 23.5 Å². The van der Waals surface area contributed by atoms with Gasteiger partial charge in [-0.1, -0.05) is 81.1 Å². The van der Waals surface area contributed by atoms with E-state index in [1.165, 1.54) is 5.56 Å². The molecule has 0 spiro atoms. The lowest BCUT2D eigenvalue weighted by molar-refractivity contribution is 0.0951. The zero-order valence-corrected chi connectivity index (χ0v) is 26.4. The van der Waals surface area contributed by atoms with Crippen molar-refractivity contribution in [2.45, 2.75) is 50.2 Å². The Morgan fingerprint density at radius 2 is 1.57 bits per heavy atom. The lowest BCUT2D eigenvalue weighted by Gasteiger charge is -2.36. The molecule has 0 radical (unpaired) electrons. The summed E-state index contributed by atoms with van der Waals surface area (Å²) in [6.07, 6.45) is 0. The zero-order valence-electron chi connectivity index (χ0n) is 25.6. The van der Waals surface area contributed by atoms with Crippen LogP contribution in [0, 0.1) is 0 Å². The molecule has 9 heteroatoms. The normalized spacial score (nSPS) is 14.9. The molecular weight excluding hydrogens is 570 g/mol. The van der Waals surface area contributed by atoms with Crippen molar-refractivity contribution in [1.82, 2.24) is 20.2 Å². The highest BCUT2D eigenvalue weighted by Crippen LogP contribution is 2.33. The SMILES string of the molecule is CC(C)(C)c1cc(N2CCN(Cc3ccc4c(c3)OCO4)CC2)nc(SCc2ccc(C(=O)NCc3ccccc3)cc2)n1. The third-order valence-electron chi connectivity index (χ3n) is 7.88. The predicted molar refractivity (Wildman–Crippen MR) is 174 cm³/mol. The number of benzene rings is 3. The highest BCUT2D eigenvalue weighted by atomic mass is 32.2. The van der Waals surface area contributed by atoms with Crippen LogP contribution < -0.4 is 19.7 Å². The largest absolute Gasteiger partial charge is 0.454 e. The number of rotatable bonds is 9. The molecule has 0 unspecified atom stereocenters. The van der Waals surface area contributed by atoms with Gasteiger partial charge in [0.25, 0.3) is 5.91 Å². The van der Waals surface area contributed by atoms with Gasteiger partial charge in [0.05, 0.1) is 5.69 Å². The fourth-order valence-corrected chi connectivity index (χ4v) is 6.05. The Morgan fingerprint density at radius 1 is 0.841 bits per heavy atom. The summed E-state index contributed by atoms with van der Waals surface area (Å²) in [6, 6.07) is 26.1. The number of nitrogens with one attached hydrogen (secondary N) is 1. The van der Waals surface area contributed by atoms with Crippen LogP contribution >= 0.6 is 11.8 Å². The first-order valence-corrected chi connectivity index (χ1v) is 16.1. The van der Waals surface area contributed by atoms with Crippen molar-refractivity contribution in [1.29, 1.82) is 0 Å². The number of fused-ring (bicyclic) bond motifs is 1. The number of carbonyl (C=O) groups is 1. The maximum Gasteiger partial charge on any atom is 0.251 e. The van der Waals surface area contributed by atoms with E-state index in [1.54, 1.807) is 11.8 Å². The molecule has 1 N–H and O–H groups in total. The molecule has 1 aromatic heterocycles. The number of amides is 1. The number of thioether (sulfide) groups is 1. The van der Waals surface area contributed by atoms with Crippen molar-refractivity contribution in [3.05, 3.63) is 107 Å². The summed E-state index contributed by atoms with van der Waals surface area (Å²) < 4.78 is 11.0. The monoisotopic (exact) mass is 609 g/mol. The van der Waals surface area contributed by atoms with Crippen LogP contribution in [0.2, 0.25) is 0 Å². The number of aromatic nitrogens is 2. The number of hydrogen-bond acceptors (Lipinski definition) is 8. The molecule has 3 heterocycles. The van der Waals surface area contributed by atoms with Crippen molar-refractivity contribution < 1.29 is 14.3 Å². The van der Waals surface area contributed by atoms with E-state index in [-0.39, 0.29) is 11.3 Å². The summed E-state index contributed by atoms with van der Waals surface area (Å²) >= 11 is 1.63. The fourth-order valence-electron chi connectivity index (χ4n) is 5.24. The number of carbonyl (C=O) groups excluding carboxylic acids is 1. The van der Waals surface area contributed by atoms with E-state index in [9.17, 15) is 4.79 Å². The van der Waals surface area contributed by atoms with Crippen LogP contribution in [0.15, 0.2) is 84.0 Å². The second-order valence-corrected chi connectivity index (χ2v) is 13.2. The Hall–Kier alpha value is -4.08. The third kappa shape index (κ3) is 7.52. The molecule has 3 aromatic carbocycles. The summed E-state index contributed by atoms with van der Waals surface area (Å²) in [5, 5.41) is 3.77. The number of nitrogens with zero attached hydrogens (tertiary/aromatic N) is 4. The summed E-state index contributed by atoms with van der Waals surface area (Å²) in [6.45, 7) is 12.0. The van der Waals surface area contributed by atoms with Crippen molar-refractivity contribution in [3.63, 3.8) is 0 Å². The lowest BCUT2D eigenvalue weighted by Crippen LogP contribution is -2.46. The van der Waals surface area contributed by atoms with Gasteiger partial charge in [-0.15, -0.1) is 0 Å². The third-order valence-corrected chi connectivity index (χ3v) is 8.80. The van der Waals surface area contributed by atoms with Crippen LogP contribution in [0.4, 0.5) is 5.82 Å². The minimum atomic E-state index is -0.0943. The van der Waals surface area contributed by atoms with Crippen molar-refractivity contribution in [2.24, 2.45) is 0 Å². The highest BCUT2D eigenvalue weighted by molar-refractivity contribution is 7.98. The summed E-state index contributed by atoms with van der Waals surface area (Å²) in [7, 11) is 0. The average Bonchev–Trinajstić information content (AvgIpc) is 3.51. The molecular formula is C35H39N5O3S. The van der Waals surface area contributed by atoms with Gasteiger partial charge in [-0.2, -0.15) is 0 Å². The Morgan fingerprint density at radius 3 is 2.32 bits per heavy atom. The highest BCUT2D eigenvalue weighted by Gasteiger charge is 2.24. The molecule has 44 heavy (non-hydrogen) atoms. The molecule has 0 bridgehead atoms. The first-order chi connectivity index (χ1) is 21.3. The molecule has 0 aliphatic carbocycles. The van der Waals surface area contributed by atoms with Gasteiger partial charge in [0.15, 0.2) is 16.7 Å². The average molecular weight is 610 g/mol. The minimum absolute atomic E-state index is 0.0742. The first kappa shape index (κ1) is 30.0. The van der Waals surface area contributed by atoms with Gasteiger partial charge in [-0.25, -0.2) is 9.97 Å². The van der Waals surface area contributed by atoms with Crippen LogP contribution in [-0.2, 0) is 24.3 Å². The van der Waals surface area contributed by atoms with E-state index >= 15 is 0 Å². The second kappa shape index (κ2) is 13.3. The molecule has 0 atom stereocenters. The Labute approximate surface area is 263 Å². The summed E-state index contributed by atoms with van der Waals surface area (Å²) in [4.78, 5) is 27.4. The Balaban J connectivity index is 1.06. The van der Waals surface area contributed by atoms with Crippen LogP contribution in [0.3, 0.4) is 0 Å². The predicted octanol–water partition coefficient (Wildman–Crippen LogP) is 6.05. The molecule has 228 valence electrons. The Kier molecular flexibility index (Phi) is 9.04. The summed E-state index contributed by atoms with van der Waals surface area (Å²) in [5.74, 6) is 3.30. The number of anilines is 1. The van der Waals surface area contributed by atoms with Crippen LogP contribution in [0.1, 0.15) is 53.5 Å². The van der Waals surface area contributed by atoms with E-state index in [4.69, 9.17) is 19.4 Å². The molecule has 1 saturated heterocycles. The number of hydrogen-bond donors (Lipinski definition) is 1. The molecule has 0 saturated carbocycles. The molecule has 2 aliphatic rings. The topological polar surface area (TPSA) is 79.8 Å². The van der Waals surface area contributed by atoms with Gasteiger partial charge in [-0.3, -0.25) is 9.69 Å². The van der Waals surface area contributed by atoms with Crippen LogP contribution in [0.5, 0.6) is 11.5 Å². The van der Waals surface area contributed by atoms with Crippen molar-refractivity contribution in [3.8, 4) is 11.5 Å². The van der Waals surface area contributed by atoms with E-state index < -0.39 is 0 Å². The van der Waals surface area contributed by atoms with Gasteiger partial charge in [0.2, 0.25) is 6.79 Å². The van der Waals surface area contributed by atoms with Gasteiger partial charge >= 0.3 is 0 Å². The van der Waals surface area contributed by atoms with Crippen LogP contribution in [-0.4, -0.2) is 53.7 Å². The summed E-state index contributed by atoms with van der Waals surface area (Å²) in [5.41, 5.74) is 5.04. The van der Waals surface area contributed by atoms with Crippen molar-refractivity contribution in [2.75, 3.05) is 37.9 Å². The quantitative estimate of drug-likeness (QED) is 0.182. The second-order valence-electron chi connectivity index (χ2n) is 12.2. The Bertz CT molecular complexity index is 1580. The fraction of sp³-hybridized carbons (Fsp3) is 0.343. The van der Waals surface area contributed by atoms with E-state index in [0.717, 1.165) is 77.8 Å². The number of ether oxygens (including phenoxy) is 2. The van der Waals surface area contributed by atoms with E-state index in [0.29, 0.717) is 18.9 Å². The standard InChI is InChI=1S/C35H39N5O3S/c1-35(2,3)31-20-32(40-17-15-39(16-18-40)22-27-11-14-29-30(19-27)43-24-42-29)38-34(37-31)44-23-26-9-12-28(13-10-26)33(41)36-21-25-7-5-4-6-8-25/h4-14,19-20H,15-18,21-24H2,1-3H3,(H,36,41). The maximum absolute atomic E-state index is 12.6. The number of piperazine rings is 1. The van der Waals surface area contributed by atoms with E-state index in [1.807, 2.05) is 60.7 Å². The molecule has 1 fully saturated rings. The smallest absolute Gasteiger partial charge is 0.251 e. The van der Waals surface area contributed by atoms with Gasteiger partial charge < -0.3 is 19.7 Å². The molecule has 8 nitrogen and oxygen atoms in total. The van der Waals surface area contributed by atoms with Gasteiger partial charge in [-0.05, 0) is 41.0 Å². The lowest BCUT2D eigenvalue weighted by atomic mass is 9.92. The van der Waals surface area contributed by atoms with Gasteiger partial charge in [0.1, 0.15) is 5.82 Å². The molecule has 4 aromatic rings. The maximum atomic E-state index is 12.6. The molecule has 1 amide bonds. The minimum Gasteiger partial charge on any atom is -0.454 e. The van der Waals surface area contributed by atoms with E-state index in [2.05, 4.69) is 54.1 Å². The zero-order chi connectivity index (χ0) is 30.5.